The van der Waals surface area contributed by atoms with Gasteiger partial charge in [0.25, 0.3) is 5.56 Å². The van der Waals surface area contributed by atoms with E-state index in [1.54, 1.807) is 6.92 Å². The van der Waals surface area contributed by atoms with Crippen LogP contribution in [0.15, 0.2) is 29.5 Å². The van der Waals surface area contributed by atoms with Gasteiger partial charge in [0, 0.05) is 6.20 Å². The standard InChI is InChI=1S/C13H9F3N4OS/c1-7-10-11(22-19-7)18-6-20(12(10)21)5-8-2-3-17-9(4-8)13(14,15)16/h2-4,6H,5H2,1H3. The van der Waals surface area contributed by atoms with E-state index in [-0.39, 0.29) is 12.1 Å². The molecule has 0 amide bonds. The maximum atomic E-state index is 12.7. The molecule has 3 aromatic heterocycles. The van der Waals surface area contributed by atoms with E-state index in [2.05, 4.69) is 14.3 Å². The molecule has 0 saturated heterocycles. The zero-order valence-corrected chi connectivity index (χ0v) is 12.1. The van der Waals surface area contributed by atoms with Crippen LogP contribution in [0.3, 0.4) is 0 Å². The van der Waals surface area contributed by atoms with Crippen molar-refractivity contribution < 1.29 is 13.2 Å². The molecule has 0 bridgehead atoms. The summed E-state index contributed by atoms with van der Waals surface area (Å²) in [6, 6.07) is 2.36. The second kappa shape index (κ2) is 5.16. The molecule has 0 N–H and O–H groups in total. The van der Waals surface area contributed by atoms with Crippen LogP contribution in [0, 0.1) is 6.92 Å². The summed E-state index contributed by atoms with van der Waals surface area (Å²) in [6.07, 6.45) is -2.13. The van der Waals surface area contributed by atoms with Gasteiger partial charge in [-0.25, -0.2) is 4.98 Å². The van der Waals surface area contributed by atoms with Crippen molar-refractivity contribution in [2.75, 3.05) is 0 Å². The lowest BCUT2D eigenvalue weighted by Gasteiger charge is -2.09. The molecule has 0 aliphatic rings. The maximum absolute atomic E-state index is 12.7. The van der Waals surface area contributed by atoms with Gasteiger partial charge in [0.15, 0.2) is 4.83 Å². The maximum Gasteiger partial charge on any atom is 0.433 e. The summed E-state index contributed by atoms with van der Waals surface area (Å²) < 4.78 is 43.3. The van der Waals surface area contributed by atoms with Gasteiger partial charge in [-0.1, -0.05) is 0 Å². The molecule has 3 aromatic rings. The molecule has 0 aromatic carbocycles. The van der Waals surface area contributed by atoms with Crippen LogP contribution in [-0.4, -0.2) is 18.9 Å². The minimum atomic E-state index is -4.52. The van der Waals surface area contributed by atoms with Gasteiger partial charge in [-0.05, 0) is 36.2 Å². The van der Waals surface area contributed by atoms with Crippen molar-refractivity contribution in [3.8, 4) is 0 Å². The zero-order chi connectivity index (χ0) is 15.9. The highest BCUT2D eigenvalue weighted by Gasteiger charge is 2.32. The van der Waals surface area contributed by atoms with Gasteiger partial charge in [-0.15, -0.1) is 0 Å². The summed E-state index contributed by atoms with van der Waals surface area (Å²) in [4.78, 5) is 20.3. The smallest absolute Gasteiger partial charge is 0.294 e. The largest absolute Gasteiger partial charge is 0.433 e. The SMILES string of the molecule is Cc1nsc2ncn(Cc3ccnc(C(F)(F)F)c3)c(=O)c12. The third-order valence-electron chi connectivity index (χ3n) is 3.10. The number of aryl methyl sites for hydroxylation is 1. The Balaban J connectivity index is 2.02. The van der Waals surface area contributed by atoms with Crippen LogP contribution < -0.4 is 5.56 Å². The number of halogens is 3. The fraction of sp³-hybridized carbons (Fsp3) is 0.231. The van der Waals surface area contributed by atoms with Gasteiger partial charge in [-0.2, -0.15) is 17.5 Å². The van der Waals surface area contributed by atoms with Gasteiger partial charge < -0.3 is 0 Å². The quantitative estimate of drug-likeness (QED) is 0.726. The van der Waals surface area contributed by atoms with E-state index in [9.17, 15) is 18.0 Å². The number of rotatable bonds is 2. The molecule has 0 unspecified atom stereocenters. The van der Waals surface area contributed by atoms with E-state index in [0.29, 0.717) is 21.5 Å². The lowest BCUT2D eigenvalue weighted by atomic mass is 10.2. The first-order valence-electron chi connectivity index (χ1n) is 6.20. The van der Waals surface area contributed by atoms with Gasteiger partial charge >= 0.3 is 6.18 Å². The highest BCUT2D eigenvalue weighted by atomic mass is 32.1. The fourth-order valence-electron chi connectivity index (χ4n) is 2.05. The number of fused-ring (bicyclic) bond motifs is 1. The van der Waals surface area contributed by atoms with Crippen molar-refractivity contribution >= 4 is 21.7 Å². The van der Waals surface area contributed by atoms with E-state index in [4.69, 9.17) is 0 Å². The Morgan fingerprint density at radius 2 is 2.09 bits per heavy atom. The lowest BCUT2D eigenvalue weighted by Crippen LogP contribution is -2.21. The normalized spacial score (nSPS) is 12.0. The predicted octanol–water partition coefficient (Wildman–Crippen LogP) is 2.62. The van der Waals surface area contributed by atoms with Crippen molar-refractivity contribution in [2.24, 2.45) is 0 Å². The molecule has 0 aliphatic heterocycles. The third-order valence-corrected chi connectivity index (χ3v) is 3.95. The molecule has 9 heteroatoms. The van der Waals surface area contributed by atoms with Gasteiger partial charge in [0.05, 0.1) is 24.0 Å². The summed E-state index contributed by atoms with van der Waals surface area (Å²) in [5, 5.41) is 0.401. The van der Waals surface area contributed by atoms with Crippen molar-refractivity contribution in [3.63, 3.8) is 0 Å². The van der Waals surface area contributed by atoms with Crippen LogP contribution in [0.2, 0.25) is 0 Å². The van der Waals surface area contributed by atoms with Crippen molar-refractivity contribution in [1.82, 2.24) is 18.9 Å². The summed E-state index contributed by atoms with van der Waals surface area (Å²) in [5.74, 6) is 0. The Bertz CT molecular complexity index is 900. The second-order valence-electron chi connectivity index (χ2n) is 4.67. The first-order valence-corrected chi connectivity index (χ1v) is 6.97. The van der Waals surface area contributed by atoms with Crippen LogP contribution in [-0.2, 0) is 12.7 Å². The van der Waals surface area contributed by atoms with Crippen molar-refractivity contribution in [3.05, 3.63) is 52.0 Å². The summed E-state index contributed by atoms with van der Waals surface area (Å²) in [6.45, 7) is 1.68. The van der Waals surface area contributed by atoms with Gasteiger partial charge in [0.1, 0.15) is 5.69 Å². The van der Waals surface area contributed by atoms with E-state index in [1.165, 1.54) is 17.0 Å². The Morgan fingerprint density at radius 1 is 1.32 bits per heavy atom. The molecule has 0 atom stereocenters. The summed E-state index contributed by atoms with van der Waals surface area (Å²) in [7, 11) is 0. The molecule has 3 heterocycles. The number of alkyl halides is 3. The van der Waals surface area contributed by atoms with Gasteiger partial charge in [-0.3, -0.25) is 14.3 Å². The molecule has 22 heavy (non-hydrogen) atoms. The van der Waals surface area contributed by atoms with Crippen molar-refractivity contribution in [2.45, 2.75) is 19.6 Å². The summed E-state index contributed by atoms with van der Waals surface area (Å²) in [5.41, 5.74) is -0.411. The molecule has 0 fully saturated rings. The minimum Gasteiger partial charge on any atom is -0.294 e. The molecule has 0 radical (unpaired) electrons. The molecule has 3 rings (SSSR count). The Morgan fingerprint density at radius 3 is 2.82 bits per heavy atom. The van der Waals surface area contributed by atoms with Crippen LogP contribution in [0.1, 0.15) is 17.0 Å². The molecular formula is C13H9F3N4OS. The third kappa shape index (κ3) is 2.59. The van der Waals surface area contributed by atoms with E-state index in [0.717, 1.165) is 23.8 Å². The Labute approximate surface area is 126 Å². The molecular weight excluding hydrogens is 317 g/mol. The van der Waals surface area contributed by atoms with E-state index < -0.39 is 11.9 Å². The molecule has 5 nitrogen and oxygen atoms in total. The van der Waals surface area contributed by atoms with Crippen LogP contribution in [0.25, 0.3) is 10.2 Å². The van der Waals surface area contributed by atoms with Crippen LogP contribution in [0.4, 0.5) is 13.2 Å². The number of aromatic nitrogens is 4. The Kier molecular flexibility index (Phi) is 3.44. The molecule has 114 valence electrons. The van der Waals surface area contributed by atoms with E-state index >= 15 is 0 Å². The summed E-state index contributed by atoms with van der Waals surface area (Å²) >= 11 is 1.12. The topological polar surface area (TPSA) is 60.7 Å². The average Bonchev–Trinajstić information content (AvgIpc) is 2.84. The predicted molar refractivity (Wildman–Crippen MR) is 74.8 cm³/mol. The highest BCUT2D eigenvalue weighted by Crippen LogP contribution is 2.27. The van der Waals surface area contributed by atoms with Gasteiger partial charge in [0.2, 0.25) is 0 Å². The highest BCUT2D eigenvalue weighted by molar-refractivity contribution is 7.12. The molecule has 0 saturated carbocycles. The first kappa shape index (κ1) is 14.6. The van der Waals surface area contributed by atoms with Crippen molar-refractivity contribution in [1.29, 1.82) is 0 Å². The van der Waals surface area contributed by atoms with E-state index in [1.807, 2.05) is 0 Å². The first-order chi connectivity index (χ1) is 10.4. The van der Waals surface area contributed by atoms with Crippen LogP contribution in [0.5, 0.6) is 0 Å². The second-order valence-corrected chi connectivity index (χ2v) is 5.42. The Hall–Kier alpha value is -2.29. The average molecular weight is 326 g/mol. The molecule has 0 aliphatic carbocycles. The minimum absolute atomic E-state index is 0.0112. The monoisotopic (exact) mass is 326 g/mol. The number of pyridine rings is 1. The number of hydrogen-bond acceptors (Lipinski definition) is 5. The van der Waals surface area contributed by atoms with Crippen LogP contribution >= 0.6 is 11.5 Å². The number of nitrogens with zero attached hydrogens (tertiary/aromatic N) is 4. The lowest BCUT2D eigenvalue weighted by molar-refractivity contribution is -0.141. The zero-order valence-electron chi connectivity index (χ0n) is 11.3. The number of hydrogen-bond donors (Lipinski definition) is 0. The fourth-order valence-corrected chi connectivity index (χ4v) is 2.78. The molecule has 0 spiro atoms.